The molecular formula is C25H29N3O3S. The molecule has 3 aromatic rings. The molecule has 0 spiro atoms. The third-order valence-corrected chi connectivity index (χ3v) is 7.40. The maximum atomic E-state index is 13.4. The highest BCUT2D eigenvalue weighted by Gasteiger charge is 2.28. The molecule has 6 nitrogen and oxygen atoms in total. The number of para-hydroxylation sites is 3. The van der Waals surface area contributed by atoms with E-state index < -0.39 is 0 Å². The summed E-state index contributed by atoms with van der Waals surface area (Å²) in [5.74, 6) is 1.80. The Labute approximate surface area is 192 Å². The lowest BCUT2D eigenvalue weighted by Crippen LogP contribution is -2.44. The van der Waals surface area contributed by atoms with Crippen molar-refractivity contribution in [2.24, 2.45) is 11.8 Å². The van der Waals surface area contributed by atoms with Gasteiger partial charge in [-0.05, 0) is 42.5 Å². The minimum atomic E-state index is -0.183. The number of hydrogen-bond acceptors (Lipinski definition) is 5. The highest BCUT2D eigenvalue weighted by Crippen LogP contribution is 2.30. The van der Waals surface area contributed by atoms with Gasteiger partial charge >= 0.3 is 0 Å². The van der Waals surface area contributed by atoms with Crippen LogP contribution in [-0.2, 0) is 4.79 Å². The van der Waals surface area contributed by atoms with Crippen molar-refractivity contribution in [3.63, 3.8) is 0 Å². The molecule has 1 fully saturated rings. The summed E-state index contributed by atoms with van der Waals surface area (Å²) >= 11 is 1.27. The molecule has 7 heteroatoms. The Morgan fingerprint density at radius 3 is 2.72 bits per heavy atom. The van der Waals surface area contributed by atoms with Crippen LogP contribution in [0.3, 0.4) is 0 Å². The van der Waals surface area contributed by atoms with Gasteiger partial charge in [0, 0.05) is 6.04 Å². The second-order valence-electron chi connectivity index (χ2n) is 8.45. The van der Waals surface area contributed by atoms with Crippen LogP contribution in [0, 0.1) is 11.8 Å². The van der Waals surface area contributed by atoms with Gasteiger partial charge in [-0.25, -0.2) is 4.98 Å². The van der Waals surface area contributed by atoms with E-state index >= 15 is 0 Å². The predicted octanol–water partition coefficient (Wildman–Crippen LogP) is 4.43. The van der Waals surface area contributed by atoms with Crippen molar-refractivity contribution in [3.05, 3.63) is 58.9 Å². The third kappa shape index (κ3) is 4.53. The second kappa shape index (κ2) is 9.77. The molecule has 2 aromatic carbocycles. The van der Waals surface area contributed by atoms with E-state index in [0.29, 0.717) is 39.3 Å². The maximum Gasteiger partial charge on any atom is 0.266 e. The summed E-state index contributed by atoms with van der Waals surface area (Å²) in [5, 5.41) is 4.20. The average molecular weight is 452 g/mol. The van der Waals surface area contributed by atoms with Crippen LogP contribution in [0.25, 0.3) is 16.6 Å². The summed E-state index contributed by atoms with van der Waals surface area (Å²) in [6.45, 7) is 4.47. The van der Waals surface area contributed by atoms with E-state index in [1.165, 1.54) is 18.2 Å². The Morgan fingerprint density at radius 2 is 1.91 bits per heavy atom. The number of carbonyl (C=O) groups excluding carboxylic acids is 1. The quantitative estimate of drug-likeness (QED) is 0.443. The van der Waals surface area contributed by atoms with Crippen molar-refractivity contribution >= 4 is 28.6 Å². The van der Waals surface area contributed by atoms with Crippen molar-refractivity contribution in [2.75, 3.05) is 12.9 Å². The van der Waals surface area contributed by atoms with Crippen LogP contribution in [0.5, 0.6) is 5.75 Å². The zero-order valence-corrected chi connectivity index (χ0v) is 19.5. The molecule has 1 aliphatic rings. The first-order chi connectivity index (χ1) is 15.5. The van der Waals surface area contributed by atoms with Gasteiger partial charge < -0.3 is 10.1 Å². The number of carbonyl (C=O) groups is 1. The molecule has 3 atom stereocenters. The van der Waals surface area contributed by atoms with E-state index in [9.17, 15) is 9.59 Å². The number of amides is 1. The van der Waals surface area contributed by atoms with Crippen molar-refractivity contribution in [1.82, 2.24) is 14.9 Å². The number of benzene rings is 2. The van der Waals surface area contributed by atoms with Gasteiger partial charge in [0.05, 0.1) is 29.5 Å². The van der Waals surface area contributed by atoms with Crippen LogP contribution >= 0.6 is 11.8 Å². The number of thioether (sulfide) groups is 1. The number of methoxy groups -OCH3 is 1. The minimum absolute atomic E-state index is 0.0325. The normalized spacial score (nSPS) is 20.8. The van der Waals surface area contributed by atoms with Crippen LogP contribution in [0.1, 0.15) is 33.1 Å². The number of rotatable bonds is 6. The summed E-state index contributed by atoms with van der Waals surface area (Å²) in [4.78, 5) is 30.9. The van der Waals surface area contributed by atoms with Gasteiger partial charge in [-0.2, -0.15) is 0 Å². The fraction of sp³-hybridized carbons (Fsp3) is 0.400. The van der Waals surface area contributed by atoms with Crippen LogP contribution in [0.2, 0.25) is 0 Å². The highest BCUT2D eigenvalue weighted by molar-refractivity contribution is 7.99. The van der Waals surface area contributed by atoms with Gasteiger partial charge in [0.2, 0.25) is 5.91 Å². The van der Waals surface area contributed by atoms with Crippen molar-refractivity contribution in [3.8, 4) is 11.4 Å². The van der Waals surface area contributed by atoms with E-state index in [0.717, 1.165) is 12.8 Å². The van der Waals surface area contributed by atoms with E-state index in [1.54, 1.807) is 17.7 Å². The highest BCUT2D eigenvalue weighted by atomic mass is 32.2. The summed E-state index contributed by atoms with van der Waals surface area (Å²) in [7, 11) is 1.57. The smallest absolute Gasteiger partial charge is 0.266 e. The summed E-state index contributed by atoms with van der Waals surface area (Å²) < 4.78 is 7.04. The van der Waals surface area contributed by atoms with Crippen LogP contribution in [0.4, 0.5) is 0 Å². The molecule has 1 saturated carbocycles. The fourth-order valence-corrected chi connectivity index (χ4v) is 5.22. The number of ether oxygens (including phenoxy) is 1. The molecule has 0 aliphatic heterocycles. The first kappa shape index (κ1) is 22.4. The molecule has 0 saturated heterocycles. The second-order valence-corrected chi connectivity index (χ2v) is 9.40. The van der Waals surface area contributed by atoms with E-state index in [1.807, 2.05) is 42.5 Å². The molecule has 1 aliphatic carbocycles. The Hall–Kier alpha value is -2.80. The Balaban J connectivity index is 1.64. The zero-order chi connectivity index (χ0) is 22.7. The molecule has 0 unspecified atom stereocenters. The number of nitrogens with one attached hydrogen (secondary N) is 1. The molecule has 0 bridgehead atoms. The number of fused-ring (bicyclic) bond motifs is 1. The molecule has 1 N–H and O–H groups in total. The monoisotopic (exact) mass is 451 g/mol. The average Bonchev–Trinajstić information content (AvgIpc) is 2.81. The van der Waals surface area contributed by atoms with Gasteiger partial charge in [0.25, 0.3) is 5.56 Å². The van der Waals surface area contributed by atoms with E-state index in [-0.39, 0.29) is 23.3 Å². The van der Waals surface area contributed by atoms with E-state index in [4.69, 9.17) is 9.72 Å². The van der Waals surface area contributed by atoms with Crippen LogP contribution in [-0.4, -0.2) is 34.4 Å². The van der Waals surface area contributed by atoms with Gasteiger partial charge in [-0.3, -0.25) is 14.2 Å². The molecule has 168 valence electrons. The molecule has 1 aromatic heterocycles. The molecule has 0 radical (unpaired) electrons. The van der Waals surface area contributed by atoms with Gasteiger partial charge in [0.15, 0.2) is 5.16 Å². The summed E-state index contributed by atoms with van der Waals surface area (Å²) in [5.41, 5.74) is 1.04. The van der Waals surface area contributed by atoms with Crippen molar-refractivity contribution < 1.29 is 9.53 Å². The predicted molar refractivity (Wildman–Crippen MR) is 129 cm³/mol. The topological polar surface area (TPSA) is 73.2 Å². The molecular weight excluding hydrogens is 422 g/mol. The standard InChI is InChI=1S/C25H29N3O3S/c1-16-9-8-12-19(17(16)2)26-23(29)15-32-25-27-20-11-5-4-10-18(20)24(30)28(25)21-13-6-7-14-22(21)31-3/h4-7,10-11,13-14,16-17,19H,8-9,12,15H2,1-3H3,(H,26,29)/t16-,17+,19+/m1/s1. The number of aromatic nitrogens is 2. The molecule has 1 amide bonds. The SMILES string of the molecule is COc1ccccc1-n1c(SCC(=O)N[C@H]2CCC[C@@H](C)[C@@H]2C)nc2ccccc2c1=O. The largest absolute Gasteiger partial charge is 0.495 e. The third-order valence-electron chi connectivity index (χ3n) is 6.46. The van der Waals surface area contributed by atoms with Crippen molar-refractivity contribution in [2.45, 2.75) is 44.3 Å². The van der Waals surface area contributed by atoms with Crippen molar-refractivity contribution in [1.29, 1.82) is 0 Å². The zero-order valence-electron chi connectivity index (χ0n) is 18.7. The Kier molecular flexibility index (Phi) is 6.84. The maximum absolute atomic E-state index is 13.4. The number of nitrogens with zero attached hydrogens (tertiary/aromatic N) is 2. The summed E-state index contributed by atoms with van der Waals surface area (Å²) in [6, 6.07) is 14.8. The fourth-order valence-electron chi connectivity index (χ4n) is 4.40. The first-order valence-electron chi connectivity index (χ1n) is 11.1. The number of hydrogen-bond donors (Lipinski definition) is 1. The lowest BCUT2D eigenvalue weighted by atomic mass is 9.78. The Morgan fingerprint density at radius 1 is 1.16 bits per heavy atom. The van der Waals surface area contributed by atoms with Gasteiger partial charge in [0.1, 0.15) is 5.75 Å². The van der Waals surface area contributed by atoms with Gasteiger partial charge in [-0.15, -0.1) is 0 Å². The van der Waals surface area contributed by atoms with Gasteiger partial charge in [-0.1, -0.05) is 62.7 Å². The minimum Gasteiger partial charge on any atom is -0.495 e. The lowest BCUT2D eigenvalue weighted by Gasteiger charge is -2.34. The molecule has 4 rings (SSSR count). The Bertz CT molecular complexity index is 1180. The van der Waals surface area contributed by atoms with Crippen LogP contribution in [0.15, 0.2) is 58.5 Å². The summed E-state index contributed by atoms with van der Waals surface area (Å²) in [6.07, 6.45) is 3.37. The van der Waals surface area contributed by atoms with E-state index in [2.05, 4.69) is 19.2 Å². The molecule has 32 heavy (non-hydrogen) atoms. The van der Waals surface area contributed by atoms with Crippen LogP contribution < -0.4 is 15.6 Å². The first-order valence-corrected chi connectivity index (χ1v) is 12.1. The lowest BCUT2D eigenvalue weighted by molar-refractivity contribution is -0.120. The molecule has 1 heterocycles.